The fourth-order valence-corrected chi connectivity index (χ4v) is 4.21. The summed E-state index contributed by atoms with van der Waals surface area (Å²) in [5.41, 5.74) is 27.1. The van der Waals surface area contributed by atoms with E-state index in [0.29, 0.717) is 22.7 Å². The lowest BCUT2D eigenvalue weighted by Crippen LogP contribution is -2.07. The monoisotopic (exact) mass is 364 g/mol. The molecule has 28 heavy (non-hydrogen) atoms. The molecule has 136 valence electrons. The summed E-state index contributed by atoms with van der Waals surface area (Å²) < 4.78 is 0. The standard InChI is InChI=1S/C24H20N4/c25-21-19-17-11-5-3-9-15(17)13-7-1-2-8-14(13)16-10-4-6-12-18(16)20(19)22(26)24(28)23(21)27/h1-12H,25-28H2/b15-13-,16-14-,19-17+,20-18+. The Hall–Kier alpha value is -3.92. The Labute approximate surface area is 160 Å². The van der Waals surface area contributed by atoms with Crippen LogP contribution in [0.15, 0.2) is 72.8 Å². The third kappa shape index (κ3) is 2.06. The van der Waals surface area contributed by atoms with E-state index < -0.39 is 0 Å². The minimum atomic E-state index is 0.331. The van der Waals surface area contributed by atoms with Gasteiger partial charge in [-0.1, -0.05) is 72.8 Å². The van der Waals surface area contributed by atoms with E-state index in [1.54, 1.807) is 0 Å². The van der Waals surface area contributed by atoms with E-state index in [1.165, 1.54) is 0 Å². The van der Waals surface area contributed by atoms with Crippen molar-refractivity contribution in [3.05, 3.63) is 115 Å². The Bertz CT molecular complexity index is 1530. The van der Waals surface area contributed by atoms with Crippen LogP contribution in [0.2, 0.25) is 0 Å². The molecule has 0 unspecified atom stereocenters. The lowest BCUT2D eigenvalue weighted by molar-refractivity contribution is 1.29. The topological polar surface area (TPSA) is 104 Å². The van der Waals surface area contributed by atoms with Crippen LogP contribution in [0.3, 0.4) is 0 Å². The van der Waals surface area contributed by atoms with Crippen molar-refractivity contribution in [2.75, 3.05) is 22.9 Å². The first-order chi connectivity index (χ1) is 13.6. The van der Waals surface area contributed by atoms with Crippen molar-refractivity contribution in [3.8, 4) is 0 Å². The fraction of sp³-hybridized carbons (Fsp3) is 0. The number of rotatable bonds is 0. The summed E-state index contributed by atoms with van der Waals surface area (Å²) in [5, 5.41) is 8.12. The second kappa shape index (κ2) is 5.79. The first kappa shape index (κ1) is 16.3. The van der Waals surface area contributed by atoms with Crippen LogP contribution in [-0.2, 0) is 0 Å². The molecule has 5 rings (SSSR count). The molecule has 4 heteroatoms. The van der Waals surface area contributed by atoms with Gasteiger partial charge in [-0.05, 0) is 31.3 Å². The fourth-order valence-electron chi connectivity index (χ4n) is 4.21. The lowest BCUT2D eigenvalue weighted by atomic mass is 9.99. The normalized spacial score (nSPS) is 16.6. The SMILES string of the molecule is Nc1c(N)c(N)c2/c(c1N)=c1/cccc/c1=c1\cccc\c1=c1/cccc/c1=2. The summed E-state index contributed by atoms with van der Waals surface area (Å²) in [6, 6.07) is 24.8. The molecule has 1 aliphatic carbocycles. The Kier molecular flexibility index (Phi) is 3.36. The Morgan fingerprint density at radius 2 is 0.571 bits per heavy atom. The van der Waals surface area contributed by atoms with E-state index in [2.05, 4.69) is 48.5 Å². The number of nitrogen functional groups attached to an aromatic ring is 4. The number of anilines is 4. The van der Waals surface area contributed by atoms with Crippen molar-refractivity contribution in [2.24, 2.45) is 0 Å². The average Bonchev–Trinajstić information content (AvgIpc) is 2.74. The summed E-state index contributed by atoms with van der Waals surface area (Å²) in [5.74, 6) is 0. The number of nitrogens with two attached hydrogens (primary N) is 4. The highest BCUT2D eigenvalue weighted by molar-refractivity contribution is 5.87. The van der Waals surface area contributed by atoms with Crippen LogP contribution in [0, 0.1) is 41.7 Å². The third-order valence-corrected chi connectivity index (χ3v) is 5.56. The molecule has 4 aromatic rings. The van der Waals surface area contributed by atoms with E-state index in [-0.39, 0.29) is 0 Å². The highest BCUT2D eigenvalue weighted by atomic mass is 14.8. The molecular formula is C24H20N4. The predicted octanol–water partition coefficient (Wildman–Crippen LogP) is 3.48. The number of hydrogen-bond acceptors (Lipinski definition) is 4. The maximum atomic E-state index is 6.52. The van der Waals surface area contributed by atoms with Gasteiger partial charge in [-0.15, -0.1) is 0 Å². The average molecular weight is 364 g/mol. The van der Waals surface area contributed by atoms with Gasteiger partial charge >= 0.3 is 0 Å². The van der Waals surface area contributed by atoms with Crippen LogP contribution in [0.25, 0.3) is 0 Å². The third-order valence-electron chi connectivity index (χ3n) is 5.56. The van der Waals surface area contributed by atoms with Crippen molar-refractivity contribution in [2.45, 2.75) is 0 Å². The summed E-state index contributed by atoms with van der Waals surface area (Å²) in [6.45, 7) is 0. The number of benzene rings is 4. The number of fused-ring (bicyclic) bond motifs is 4. The van der Waals surface area contributed by atoms with Gasteiger partial charge in [-0.3, -0.25) is 0 Å². The van der Waals surface area contributed by atoms with E-state index in [9.17, 15) is 0 Å². The van der Waals surface area contributed by atoms with E-state index in [4.69, 9.17) is 22.9 Å². The van der Waals surface area contributed by atoms with Crippen LogP contribution in [-0.4, -0.2) is 0 Å². The van der Waals surface area contributed by atoms with Crippen molar-refractivity contribution < 1.29 is 0 Å². The van der Waals surface area contributed by atoms with Gasteiger partial charge < -0.3 is 22.9 Å². The summed E-state index contributed by atoms with van der Waals surface area (Å²) in [6.07, 6.45) is 0. The Morgan fingerprint density at radius 1 is 0.321 bits per heavy atom. The highest BCUT2D eigenvalue weighted by Crippen LogP contribution is 2.32. The van der Waals surface area contributed by atoms with Crippen LogP contribution >= 0.6 is 0 Å². The molecule has 8 N–H and O–H groups in total. The van der Waals surface area contributed by atoms with Gasteiger partial charge in [0.25, 0.3) is 0 Å². The first-order valence-corrected chi connectivity index (χ1v) is 9.14. The maximum absolute atomic E-state index is 6.52. The van der Waals surface area contributed by atoms with E-state index in [0.717, 1.165) is 41.7 Å². The molecule has 0 saturated carbocycles. The zero-order chi connectivity index (χ0) is 19.4. The van der Waals surface area contributed by atoms with Crippen molar-refractivity contribution in [3.63, 3.8) is 0 Å². The van der Waals surface area contributed by atoms with Crippen LogP contribution < -0.4 is 22.9 Å². The summed E-state index contributed by atoms with van der Waals surface area (Å²) >= 11 is 0. The smallest absolute Gasteiger partial charge is 0.0809 e. The molecule has 0 radical (unpaired) electrons. The van der Waals surface area contributed by atoms with Crippen LogP contribution in [0.4, 0.5) is 22.7 Å². The van der Waals surface area contributed by atoms with Gasteiger partial charge in [0.1, 0.15) is 0 Å². The molecule has 0 amide bonds. The van der Waals surface area contributed by atoms with Crippen molar-refractivity contribution in [1.82, 2.24) is 0 Å². The lowest BCUT2D eigenvalue weighted by Gasteiger charge is -2.12. The zero-order valence-electron chi connectivity index (χ0n) is 15.2. The van der Waals surface area contributed by atoms with Gasteiger partial charge in [-0.25, -0.2) is 0 Å². The van der Waals surface area contributed by atoms with Crippen LogP contribution in [0.1, 0.15) is 0 Å². The molecule has 0 atom stereocenters. The molecule has 0 bridgehead atoms. The highest BCUT2D eigenvalue weighted by Gasteiger charge is 2.12. The van der Waals surface area contributed by atoms with E-state index in [1.807, 2.05) is 24.3 Å². The molecule has 4 nitrogen and oxygen atoms in total. The quantitative estimate of drug-likeness (QED) is 0.316. The maximum Gasteiger partial charge on any atom is 0.0809 e. The van der Waals surface area contributed by atoms with Crippen molar-refractivity contribution >= 4 is 22.7 Å². The second-order valence-corrected chi connectivity index (χ2v) is 7.04. The van der Waals surface area contributed by atoms with Crippen LogP contribution in [0.5, 0.6) is 0 Å². The van der Waals surface area contributed by atoms with Gasteiger partial charge in [0.2, 0.25) is 0 Å². The zero-order valence-corrected chi connectivity index (χ0v) is 15.2. The molecule has 0 spiro atoms. The predicted molar refractivity (Wildman–Crippen MR) is 114 cm³/mol. The molecule has 0 saturated heterocycles. The molecule has 1 aliphatic rings. The molecule has 0 aromatic heterocycles. The number of hydrogen-bond donors (Lipinski definition) is 4. The van der Waals surface area contributed by atoms with E-state index >= 15 is 0 Å². The first-order valence-electron chi connectivity index (χ1n) is 9.14. The van der Waals surface area contributed by atoms with Gasteiger partial charge in [-0.2, -0.15) is 0 Å². The minimum Gasteiger partial charge on any atom is -0.396 e. The van der Waals surface area contributed by atoms with Gasteiger partial charge in [0, 0.05) is 10.4 Å². The molecule has 0 heterocycles. The van der Waals surface area contributed by atoms with Gasteiger partial charge in [0.05, 0.1) is 22.7 Å². The summed E-state index contributed by atoms with van der Waals surface area (Å²) in [7, 11) is 0. The van der Waals surface area contributed by atoms with Crippen molar-refractivity contribution in [1.29, 1.82) is 0 Å². The molecule has 4 aromatic carbocycles. The molecule has 0 aliphatic heterocycles. The Morgan fingerprint density at radius 3 is 0.893 bits per heavy atom. The summed E-state index contributed by atoms with van der Waals surface area (Å²) in [4.78, 5) is 0. The Balaban J connectivity index is 2.51. The minimum absolute atomic E-state index is 0.331. The van der Waals surface area contributed by atoms with Gasteiger partial charge in [0.15, 0.2) is 0 Å². The molecular weight excluding hydrogens is 344 g/mol. The molecule has 0 fully saturated rings. The second-order valence-electron chi connectivity index (χ2n) is 7.04. The largest absolute Gasteiger partial charge is 0.396 e.